The summed E-state index contributed by atoms with van der Waals surface area (Å²) in [7, 11) is 1.82. The van der Waals surface area contributed by atoms with Crippen LogP contribution in [0.4, 0.5) is 0 Å². The number of rotatable bonds is 4. The Morgan fingerprint density at radius 2 is 1.83 bits per heavy atom. The van der Waals surface area contributed by atoms with Crippen LogP contribution < -0.4 is 5.32 Å². The van der Waals surface area contributed by atoms with Crippen LogP contribution in [0.15, 0.2) is 36.9 Å². The molecule has 0 aliphatic heterocycles. The molecule has 0 bridgehead atoms. The van der Waals surface area contributed by atoms with E-state index in [-0.39, 0.29) is 12.5 Å². The smallest absolute Gasteiger partial charge is 0.255 e. The molecule has 0 fully saturated rings. The van der Waals surface area contributed by atoms with Crippen molar-refractivity contribution in [2.24, 2.45) is 7.05 Å². The lowest BCUT2D eigenvalue weighted by Crippen LogP contribution is -2.25. The molecule has 1 amide bonds. The standard InChI is InChI=1S/C17H18N6O/c1-11-15(12(2)23(3)22-11)17(24)21-10-14-16(20-9-8-19-14)13-4-6-18-7-5-13/h4-9H,10H2,1-3H3,(H,21,24). The number of aryl methyl sites for hydroxylation is 2. The number of aromatic nitrogens is 5. The molecule has 7 heteroatoms. The van der Waals surface area contributed by atoms with Gasteiger partial charge in [0.25, 0.3) is 5.91 Å². The van der Waals surface area contributed by atoms with E-state index in [2.05, 4.69) is 25.4 Å². The van der Waals surface area contributed by atoms with Gasteiger partial charge in [0.15, 0.2) is 0 Å². The first-order valence-corrected chi connectivity index (χ1v) is 7.56. The van der Waals surface area contributed by atoms with E-state index in [1.165, 1.54) is 0 Å². The Morgan fingerprint density at radius 3 is 2.50 bits per heavy atom. The van der Waals surface area contributed by atoms with E-state index in [9.17, 15) is 4.79 Å². The van der Waals surface area contributed by atoms with E-state index >= 15 is 0 Å². The van der Waals surface area contributed by atoms with Crippen LogP contribution in [0.2, 0.25) is 0 Å². The third-order valence-electron chi connectivity index (χ3n) is 3.88. The van der Waals surface area contributed by atoms with Crippen molar-refractivity contribution in [3.63, 3.8) is 0 Å². The average molecular weight is 322 g/mol. The van der Waals surface area contributed by atoms with Gasteiger partial charge in [0.1, 0.15) is 0 Å². The second-order valence-electron chi connectivity index (χ2n) is 5.44. The maximum atomic E-state index is 12.5. The highest BCUT2D eigenvalue weighted by atomic mass is 16.1. The summed E-state index contributed by atoms with van der Waals surface area (Å²) in [6.45, 7) is 3.99. The molecule has 3 aromatic rings. The largest absolute Gasteiger partial charge is 0.346 e. The van der Waals surface area contributed by atoms with Gasteiger partial charge in [-0.2, -0.15) is 5.10 Å². The molecule has 0 saturated carbocycles. The van der Waals surface area contributed by atoms with Gasteiger partial charge in [-0.05, 0) is 26.0 Å². The van der Waals surface area contributed by atoms with Crippen molar-refractivity contribution in [3.8, 4) is 11.3 Å². The average Bonchev–Trinajstić information content (AvgIpc) is 2.86. The van der Waals surface area contributed by atoms with E-state index in [0.29, 0.717) is 17.0 Å². The molecule has 0 atom stereocenters. The van der Waals surface area contributed by atoms with Crippen LogP contribution in [0.25, 0.3) is 11.3 Å². The minimum Gasteiger partial charge on any atom is -0.346 e. The van der Waals surface area contributed by atoms with Crippen molar-refractivity contribution in [1.29, 1.82) is 0 Å². The van der Waals surface area contributed by atoms with Crippen molar-refractivity contribution in [2.75, 3.05) is 0 Å². The number of hydrogen-bond acceptors (Lipinski definition) is 5. The first-order valence-electron chi connectivity index (χ1n) is 7.56. The van der Waals surface area contributed by atoms with E-state index in [0.717, 1.165) is 17.0 Å². The minimum absolute atomic E-state index is 0.163. The quantitative estimate of drug-likeness (QED) is 0.792. The van der Waals surface area contributed by atoms with Crippen molar-refractivity contribution >= 4 is 5.91 Å². The SMILES string of the molecule is Cc1nn(C)c(C)c1C(=O)NCc1nccnc1-c1ccncc1. The van der Waals surface area contributed by atoms with Gasteiger partial charge in [-0.3, -0.25) is 24.4 Å². The lowest BCUT2D eigenvalue weighted by Gasteiger charge is -2.09. The number of nitrogens with zero attached hydrogens (tertiary/aromatic N) is 5. The summed E-state index contributed by atoms with van der Waals surface area (Å²) >= 11 is 0. The molecular formula is C17H18N6O. The van der Waals surface area contributed by atoms with Gasteiger partial charge >= 0.3 is 0 Å². The minimum atomic E-state index is -0.163. The Bertz CT molecular complexity index is 872. The molecule has 0 aromatic carbocycles. The number of pyridine rings is 1. The van der Waals surface area contributed by atoms with Crippen LogP contribution in [0, 0.1) is 13.8 Å². The molecule has 0 aliphatic rings. The van der Waals surface area contributed by atoms with E-state index in [4.69, 9.17) is 0 Å². The predicted molar refractivity (Wildman–Crippen MR) is 89.1 cm³/mol. The Hall–Kier alpha value is -3.09. The molecule has 0 spiro atoms. The second kappa shape index (κ2) is 6.57. The van der Waals surface area contributed by atoms with Gasteiger partial charge in [-0.1, -0.05) is 0 Å². The summed E-state index contributed by atoms with van der Waals surface area (Å²) < 4.78 is 1.70. The fourth-order valence-corrected chi connectivity index (χ4v) is 2.60. The zero-order valence-electron chi connectivity index (χ0n) is 13.8. The summed E-state index contributed by atoms with van der Waals surface area (Å²) in [4.78, 5) is 25.2. The lowest BCUT2D eigenvalue weighted by molar-refractivity contribution is 0.0949. The highest BCUT2D eigenvalue weighted by Gasteiger charge is 2.18. The number of carbonyl (C=O) groups excluding carboxylic acids is 1. The zero-order chi connectivity index (χ0) is 17.1. The highest BCUT2D eigenvalue weighted by Crippen LogP contribution is 2.19. The van der Waals surface area contributed by atoms with Gasteiger partial charge in [0.05, 0.1) is 29.2 Å². The molecule has 0 aliphatic carbocycles. The Kier molecular flexibility index (Phi) is 4.33. The van der Waals surface area contributed by atoms with Gasteiger partial charge < -0.3 is 5.32 Å². The Labute approximate surface area is 139 Å². The maximum Gasteiger partial charge on any atom is 0.255 e. The summed E-state index contributed by atoms with van der Waals surface area (Å²) in [5.41, 5.74) is 4.50. The Balaban J connectivity index is 1.82. The fraction of sp³-hybridized carbons (Fsp3) is 0.235. The van der Waals surface area contributed by atoms with Crippen LogP contribution in [0.5, 0.6) is 0 Å². The molecular weight excluding hydrogens is 304 g/mol. The molecule has 122 valence electrons. The monoisotopic (exact) mass is 322 g/mol. The molecule has 3 rings (SSSR count). The summed E-state index contributed by atoms with van der Waals surface area (Å²) in [5, 5.41) is 7.18. The third kappa shape index (κ3) is 3.01. The van der Waals surface area contributed by atoms with Gasteiger partial charge in [-0.25, -0.2) is 0 Å². The van der Waals surface area contributed by atoms with Gasteiger partial charge in [0, 0.05) is 43.1 Å². The number of carbonyl (C=O) groups is 1. The number of nitrogens with one attached hydrogen (secondary N) is 1. The van der Waals surface area contributed by atoms with E-state index in [1.54, 1.807) is 29.5 Å². The number of hydrogen-bond donors (Lipinski definition) is 1. The summed E-state index contributed by atoms with van der Waals surface area (Å²) in [6, 6.07) is 3.73. The topological polar surface area (TPSA) is 85.6 Å². The van der Waals surface area contributed by atoms with E-state index < -0.39 is 0 Å². The van der Waals surface area contributed by atoms with Gasteiger partial charge in [0.2, 0.25) is 0 Å². The predicted octanol–water partition coefficient (Wildman–Crippen LogP) is 1.82. The van der Waals surface area contributed by atoms with Crippen molar-refractivity contribution in [2.45, 2.75) is 20.4 Å². The molecule has 7 nitrogen and oxygen atoms in total. The molecule has 3 heterocycles. The first-order chi connectivity index (χ1) is 11.6. The lowest BCUT2D eigenvalue weighted by atomic mass is 10.1. The summed E-state index contributed by atoms with van der Waals surface area (Å²) in [5.74, 6) is -0.163. The van der Waals surface area contributed by atoms with Crippen LogP contribution in [-0.4, -0.2) is 30.6 Å². The molecule has 1 N–H and O–H groups in total. The molecule has 3 aromatic heterocycles. The summed E-state index contributed by atoms with van der Waals surface area (Å²) in [6.07, 6.45) is 6.66. The first kappa shape index (κ1) is 15.8. The zero-order valence-corrected chi connectivity index (χ0v) is 13.8. The van der Waals surface area contributed by atoms with Crippen LogP contribution in [-0.2, 0) is 13.6 Å². The maximum absolute atomic E-state index is 12.5. The molecule has 24 heavy (non-hydrogen) atoms. The van der Waals surface area contributed by atoms with Crippen molar-refractivity contribution in [1.82, 2.24) is 30.0 Å². The normalized spacial score (nSPS) is 10.6. The molecule has 0 unspecified atom stereocenters. The van der Waals surface area contributed by atoms with Crippen LogP contribution in [0.1, 0.15) is 27.4 Å². The van der Waals surface area contributed by atoms with E-state index in [1.807, 2.05) is 33.0 Å². The molecule has 0 radical (unpaired) electrons. The van der Waals surface area contributed by atoms with Crippen LogP contribution in [0.3, 0.4) is 0 Å². The Morgan fingerprint density at radius 1 is 1.12 bits per heavy atom. The van der Waals surface area contributed by atoms with Crippen LogP contribution >= 0.6 is 0 Å². The highest BCUT2D eigenvalue weighted by molar-refractivity contribution is 5.96. The molecule has 0 saturated heterocycles. The van der Waals surface area contributed by atoms with Crippen molar-refractivity contribution in [3.05, 3.63) is 59.6 Å². The van der Waals surface area contributed by atoms with Crippen molar-refractivity contribution < 1.29 is 4.79 Å². The fourth-order valence-electron chi connectivity index (χ4n) is 2.60. The number of amides is 1. The second-order valence-corrected chi connectivity index (χ2v) is 5.44. The third-order valence-corrected chi connectivity index (χ3v) is 3.88. The van der Waals surface area contributed by atoms with Gasteiger partial charge in [-0.15, -0.1) is 0 Å².